The minimum atomic E-state index is -0.667. The van der Waals surface area contributed by atoms with Crippen LogP contribution in [0.2, 0.25) is 0 Å². The monoisotopic (exact) mass is 228 g/mol. The van der Waals surface area contributed by atoms with Gasteiger partial charge in [0.05, 0.1) is 0 Å². The van der Waals surface area contributed by atoms with E-state index in [0.29, 0.717) is 12.6 Å². The Morgan fingerprint density at radius 1 is 1.44 bits per heavy atom. The van der Waals surface area contributed by atoms with Crippen molar-refractivity contribution in [2.24, 2.45) is 0 Å². The van der Waals surface area contributed by atoms with Gasteiger partial charge in [-0.25, -0.2) is 0 Å². The van der Waals surface area contributed by atoms with Crippen LogP contribution < -0.4 is 0 Å². The molecule has 0 aromatic carbocycles. The third kappa shape index (κ3) is 2.23. The number of likely N-dealkylation sites (N-methyl/N-ethyl adjacent to an activating group) is 1. The zero-order valence-electron chi connectivity index (χ0n) is 10.9. The number of rotatable bonds is 5. The van der Waals surface area contributed by atoms with Gasteiger partial charge < -0.3 is 5.11 Å². The minimum absolute atomic E-state index is 0.428. The molecule has 1 atom stereocenters. The van der Waals surface area contributed by atoms with E-state index in [-0.39, 0.29) is 0 Å². The highest BCUT2D eigenvalue weighted by Crippen LogP contribution is 2.29. The molecule has 0 radical (unpaired) electrons. The summed E-state index contributed by atoms with van der Waals surface area (Å²) in [7, 11) is 0. The molecule has 1 rings (SSSR count). The number of carboxylic acid groups (broad SMARTS) is 1. The maximum absolute atomic E-state index is 11.6. The number of nitrogens with zero attached hydrogens (tertiary/aromatic N) is 2. The number of hydrogen-bond acceptors (Lipinski definition) is 3. The number of carboxylic acids is 1. The molecule has 0 spiro atoms. The Hall–Kier alpha value is -0.610. The summed E-state index contributed by atoms with van der Waals surface area (Å²) in [6, 6.07) is 0.428. The minimum Gasteiger partial charge on any atom is -0.480 e. The quantitative estimate of drug-likeness (QED) is 0.769. The molecule has 1 heterocycles. The summed E-state index contributed by atoms with van der Waals surface area (Å²) in [5.41, 5.74) is -0.659. The number of likely N-dealkylation sites (tertiary alicyclic amines) is 1. The molecule has 1 N–H and O–H groups in total. The number of aliphatic carboxylic acids is 1. The van der Waals surface area contributed by atoms with Crippen molar-refractivity contribution in [3.63, 3.8) is 0 Å². The highest BCUT2D eigenvalue weighted by atomic mass is 16.4. The second-order valence-electron chi connectivity index (χ2n) is 4.82. The van der Waals surface area contributed by atoms with E-state index >= 15 is 0 Å². The van der Waals surface area contributed by atoms with Gasteiger partial charge in [-0.2, -0.15) is 0 Å². The van der Waals surface area contributed by atoms with Gasteiger partial charge >= 0.3 is 5.97 Å². The molecule has 0 aliphatic carbocycles. The van der Waals surface area contributed by atoms with E-state index < -0.39 is 11.5 Å². The molecule has 1 unspecified atom stereocenters. The lowest BCUT2D eigenvalue weighted by Gasteiger charge is -2.36. The standard InChI is InChI=1S/C12H24N2O2/c1-5-14(6-2)12(11(15)16)7-8-13(9-12)10(3)4/h10H,5-9H2,1-4H3,(H,15,16). The second kappa shape index (κ2) is 5.15. The van der Waals surface area contributed by atoms with Crippen LogP contribution >= 0.6 is 0 Å². The molecular formula is C12H24N2O2. The number of carbonyl (C=O) groups is 1. The van der Waals surface area contributed by atoms with Crippen LogP contribution in [0.15, 0.2) is 0 Å². The lowest BCUT2D eigenvalue weighted by molar-refractivity contribution is -0.150. The van der Waals surface area contributed by atoms with Crippen molar-refractivity contribution < 1.29 is 9.90 Å². The molecule has 0 amide bonds. The summed E-state index contributed by atoms with van der Waals surface area (Å²) in [4.78, 5) is 15.9. The average molecular weight is 228 g/mol. The van der Waals surface area contributed by atoms with E-state index in [1.54, 1.807) is 0 Å². The Balaban J connectivity index is 2.88. The van der Waals surface area contributed by atoms with Crippen LogP contribution in [-0.2, 0) is 4.79 Å². The molecule has 0 aromatic heterocycles. The highest BCUT2D eigenvalue weighted by Gasteiger charge is 2.48. The van der Waals surface area contributed by atoms with Crippen LogP contribution in [0, 0.1) is 0 Å². The predicted molar refractivity (Wildman–Crippen MR) is 64.6 cm³/mol. The van der Waals surface area contributed by atoms with Crippen molar-refractivity contribution in [3.8, 4) is 0 Å². The van der Waals surface area contributed by atoms with Gasteiger partial charge in [0.15, 0.2) is 0 Å². The normalized spacial score (nSPS) is 26.9. The first kappa shape index (κ1) is 13.5. The molecule has 0 bridgehead atoms. The van der Waals surface area contributed by atoms with E-state index in [4.69, 9.17) is 0 Å². The summed E-state index contributed by atoms with van der Waals surface area (Å²) in [5.74, 6) is -0.667. The van der Waals surface area contributed by atoms with Crippen LogP contribution in [0.4, 0.5) is 0 Å². The van der Waals surface area contributed by atoms with Gasteiger partial charge in [-0.3, -0.25) is 14.6 Å². The van der Waals surface area contributed by atoms with Gasteiger partial charge in [0, 0.05) is 19.1 Å². The Morgan fingerprint density at radius 3 is 2.31 bits per heavy atom. The fourth-order valence-corrected chi connectivity index (χ4v) is 2.66. The second-order valence-corrected chi connectivity index (χ2v) is 4.82. The highest BCUT2D eigenvalue weighted by molar-refractivity contribution is 5.79. The summed E-state index contributed by atoms with van der Waals surface area (Å²) in [6.45, 7) is 11.5. The first-order valence-electron chi connectivity index (χ1n) is 6.20. The smallest absolute Gasteiger partial charge is 0.325 e. The Bertz CT molecular complexity index is 251. The summed E-state index contributed by atoms with van der Waals surface area (Å²) < 4.78 is 0. The molecule has 1 saturated heterocycles. The third-order valence-electron chi connectivity index (χ3n) is 3.77. The van der Waals surface area contributed by atoms with Gasteiger partial charge in [-0.1, -0.05) is 13.8 Å². The van der Waals surface area contributed by atoms with Gasteiger partial charge in [-0.05, 0) is 33.4 Å². The summed E-state index contributed by atoms with van der Waals surface area (Å²) in [5, 5.41) is 9.53. The molecule has 16 heavy (non-hydrogen) atoms. The van der Waals surface area contributed by atoms with Gasteiger partial charge in [0.2, 0.25) is 0 Å². The van der Waals surface area contributed by atoms with Gasteiger partial charge in [0.1, 0.15) is 5.54 Å². The molecular weight excluding hydrogens is 204 g/mol. The predicted octanol–water partition coefficient (Wildman–Crippen LogP) is 1.27. The van der Waals surface area contributed by atoms with Gasteiger partial charge in [-0.15, -0.1) is 0 Å². The van der Waals surface area contributed by atoms with Crippen molar-refractivity contribution in [2.75, 3.05) is 26.2 Å². The van der Waals surface area contributed by atoms with Crippen LogP contribution in [-0.4, -0.2) is 58.6 Å². The Labute approximate surface area is 98.2 Å². The average Bonchev–Trinajstić information content (AvgIpc) is 2.66. The van der Waals surface area contributed by atoms with Crippen molar-refractivity contribution >= 4 is 5.97 Å². The fraction of sp³-hybridized carbons (Fsp3) is 0.917. The lowest BCUT2D eigenvalue weighted by atomic mass is 9.96. The van der Waals surface area contributed by atoms with E-state index in [1.165, 1.54) is 0 Å². The Kier molecular flexibility index (Phi) is 4.33. The number of hydrogen-bond donors (Lipinski definition) is 1. The molecule has 4 nitrogen and oxygen atoms in total. The molecule has 0 aromatic rings. The van der Waals surface area contributed by atoms with E-state index in [0.717, 1.165) is 26.1 Å². The molecule has 94 valence electrons. The van der Waals surface area contributed by atoms with Gasteiger partial charge in [0.25, 0.3) is 0 Å². The Morgan fingerprint density at radius 2 is 2.00 bits per heavy atom. The fourth-order valence-electron chi connectivity index (χ4n) is 2.66. The van der Waals surface area contributed by atoms with Crippen molar-refractivity contribution in [1.82, 2.24) is 9.80 Å². The van der Waals surface area contributed by atoms with Crippen molar-refractivity contribution in [3.05, 3.63) is 0 Å². The molecule has 0 saturated carbocycles. The lowest BCUT2D eigenvalue weighted by Crippen LogP contribution is -2.56. The van der Waals surface area contributed by atoms with E-state index in [2.05, 4.69) is 23.6 Å². The van der Waals surface area contributed by atoms with E-state index in [9.17, 15) is 9.90 Å². The zero-order valence-corrected chi connectivity index (χ0v) is 10.9. The SMILES string of the molecule is CCN(CC)C1(C(=O)O)CCN(C(C)C)C1. The van der Waals surface area contributed by atoms with Crippen LogP contribution in [0.5, 0.6) is 0 Å². The molecule has 1 aliphatic rings. The maximum Gasteiger partial charge on any atom is 0.325 e. The topological polar surface area (TPSA) is 43.8 Å². The van der Waals surface area contributed by atoms with Crippen molar-refractivity contribution in [1.29, 1.82) is 0 Å². The first-order chi connectivity index (χ1) is 7.47. The first-order valence-corrected chi connectivity index (χ1v) is 6.20. The van der Waals surface area contributed by atoms with Crippen LogP contribution in [0.25, 0.3) is 0 Å². The maximum atomic E-state index is 11.6. The van der Waals surface area contributed by atoms with E-state index in [1.807, 2.05) is 13.8 Å². The van der Waals surface area contributed by atoms with Crippen LogP contribution in [0.1, 0.15) is 34.1 Å². The largest absolute Gasteiger partial charge is 0.480 e. The van der Waals surface area contributed by atoms with Crippen molar-refractivity contribution in [2.45, 2.75) is 45.7 Å². The van der Waals surface area contributed by atoms with Crippen LogP contribution in [0.3, 0.4) is 0 Å². The zero-order chi connectivity index (χ0) is 12.3. The summed E-state index contributed by atoms with van der Waals surface area (Å²) >= 11 is 0. The molecule has 1 fully saturated rings. The molecule has 4 heteroatoms. The third-order valence-corrected chi connectivity index (χ3v) is 3.77. The molecule has 1 aliphatic heterocycles. The summed E-state index contributed by atoms with van der Waals surface area (Å²) in [6.07, 6.45) is 0.738.